The molecule has 0 N–H and O–H groups in total. The summed E-state index contributed by atoms with van der Waals surface area (Å²) >= 11 is 0. The van der Waals surface area contributed by atoms with E-state index in [4.69, 9.17) is 0 Å². The maximum Gasteiger partial charge on any atom is -0.0136 e. The Morgan fingerprint density at radius 2 is 1.82 bits per heavy atom. The summed E-state index contributed by atoms with van der Waals surface area (Å²) < 4.78 is 0. The lowest BCUT2D eigenvalue weighted by atomic mass is 9.65. The van der Waals surface area contributed by atoms with Crippen LogP contribution in [0.15, 0.2) is 11.1 Å². The van der Waals surface area contributed by atoms with Crippen LogP contribution in [-0.2, 0) is 0 Å². The van der Waals surface area contributed by atoms with Crippen molar-refractivity contribution in [3.05, 3.63) is 11.1 Å². The Bertz CT molecular complexity index is 220. The summed E-state index contributed by atoms with van der Waals surface area (Å²) in [6, 6.07) is 0. The van der Waals surface area contributed by atoms with E-state index in [9.17, 15) is 0 Å². The van der Waals surface area contributed by atoms with Gasteiger partial charge in [0.25, 0.3) is 0 Å². The zero-order valence-corrected chi connectivity index (χ0v) is 8.07. The first-order valence-corrected chi connectivity index (χ1v) is 4.77. The Balaban J connectivity index is 2.35. The average molecular weight is 150 g/mol. The van der Waals surface area contributed by atoms with E-state index in [1.165, 1.54) is 12.8 Å². The van der Waals surface area contributed by atoms with Crippen LogP contribution >= 0.6 is 0 Å². The van der Waals surface area contributed by atoms with Gasteiger partial charge in [-0.1, -0.05) is 38.8 Å². The minimum Gasteiger partial charge on any atom is -0.0667 e. The Kier molecular flexibility index (Phi) is 1.28. The van der Waals surface area contributed by atoms with Crippen molar-refractivity contribution in [1.29, 1.82) is 0 Å². The highest BCUT2D eigenvalue weighted by molar-refractivity contribution is 5.39. The number of hydrogen-bond acceptors (Lipinski definition) is 0. The van der Waals surface area contributed by atoms with Crippen LogP contribution in [-0.4, -0.2) is 0 Å². The summed E-state index contributed by atoms with van der Waals surface area (Å²) in [4.78, 5) is 0. The van der Waals surface area contributed by atoms with Crippen LogP contribution in [0.25, 0.3) is 0 Å². The zero-order chi connectivity index (χ0) is 8.22. The molecule has 0 spiro atoms. The zero-order valence-electron chi connectivity index (χ0n) is 8.07. The summed E-state index contributed by atoms with van der Waals surface area (Å²) in [5.74, 6) is 1.77. The molecule has 2 aliphatic carbocycles. The van der Waals surface area contributed by atoms with Crippen LogP contribution in [0.1, 0.15) is 40.5 Å². The molecule has 0 aromatic carbocycles. The van der Waals surface area contributed by atoms with Crippen molar-refractivity contribution in [2.24, 2.45) is 17.3 Å². The van der Waals surface area contributed by atoms with E-state index in [0.717, 1.165) is 11.8 Å². The van der Waals surface area contributed by atoms with Crippen molar-refractivity contribution < 1.29 is 0 Å². The van der Waals surface area contributed by atoms with Gasteiger partial charge in [0.1, 0.15) is 0 Å². The molecule has 0 saturated heterocycles. The van der Waals surface area contributed by atoms with Crippen molar-refractivity contribution in [3.63, 3.8) is 0 Å². The molecule has 0 aliphatic heterocycles. The second kappa shape index (κ2) is 1.91. The van der Waals surface area contributed by atoms with Crippen LogP contribution < -0.4 is 0 Å². The van der Waals surface area contributed by atoms with Gasteiger partial charge in [-0.05, 0) is 30.1 Å². The van der Waals surface area contributed by atoms with Crippen molar-refractivity contribution in [3.8, 4) is 0 Å². The van der Waals surface area contributed by atoms with E-state index < -0.39 is 0 Å². The first-order valence-electron chi connectivity index (χ1n) is 4.77. The summed E-state index contributed by atoms with van der Waals surface area (Å²) in [5.41, 5.74) is 4.13. The fourth-order valence-corrected chi connectivity index (χ4v) is 2.99. The van der Waals surface area contributed by atoms with Gasteiger partial charge in [0.05, 0.1) is 0 Å². The molecule has 2 aliphatic rings. The highest BCUT2D eigenvalue weighted by Gasteiger charge is 2.45. The molecule has 62 valence electrons. The van der Waals surface area contributed by atoms with Crippen molar-refractivity contribution in [2.75, 3.05) is 0 Å². The van der Waals surface area contributed by atoms with Crippen molar-refractivity contribution in [1.82, 2.24) is 0 Å². The molecule has 0 heteroatoms. The van der Waals surface area contributed by atoms with E-state index in [-0.39, 0.29) is 0 Å². The highest BCUT2D eigenvalue weighted by atomic mass is 14.5. The lowest BCUT2D eigenvalue weighted by Gasteiger charge is -2.40. The van der Waals surface area contributed by atoms with Gasteiger partial charge in [-0.2, -0.15) is 0 Å². The Labute approximate surface area is 69.7 Å². The van der Waals surface area contributed by atoms with Gasteiger partial charge in [-0.3, -0.25) is 0 Å². The van der Waals surface area contributed by atoms with Gasteiger partial charge in [0.15, 0.2) is 0 Å². The van der Waals surface area contributed by atoms with E-state index >= 15 is 0 Å². The molecular formula is C11H18. The molecule has 0 bridgehead atoms. The number of rotatable bonds is 0. The van der Waals surface area contributed by atoms with E-state index in [0.29, 0.717) is 5.41 Å². The second-order valence-electron chi connectivity index (χ2n) is 4.90. The van der Waals surface area contributed by atoms with Crippen molar-refractivity contribution >= 4 is 0 Å². The molecule has 2 rings (SSSR count). The maximum absolute atomic E-state index is 2.40. The average Bonchev–Trinajstić information content (AvgIpc) is 2.21. The van der Waals surface area contributed by atoms with Gasteiger partial charge in [0, 0.05) is 0 Å². The lowest BCUT2D eigenvalue weighted by Crippen LogP contribution is -2.29. The van der Waals surface area contributed by atoms with Gasteiger partial charge < -0.3 is 0 Å². The summed E-state index contributed by atoms with van der Waals surface area (Å²) in [5, 5.41) is 0. The first kappa shape index (κ1) is 7.39. The molecule has 11 heavy (non-hydrogen) atoms. The SMILES string of the molecule is C[C@@H]1C2=C(CCC2(C)C)[C@@H]1C. The Morgan fingerprint density at radius 3 is 2.36 bits per heavy atom. The second-order valence-corrected chi connectivity index (χ2v) is 4.90. The van der Waals surface area contributed by atoms with E-state index in [1.54, 1.807) is 11.1 Å². The smallest absolute Gasteiger partial charge is 0.0136 e. The molecule has 0 aromatic rings. The highest BCUT2D eigenvalue weighted by Crippen LogP contribution is 2.57. The van der Waals surface area contributed by atoms with Gasteiger partial charge in [-0.15, -0.1) is 0 Å². The van der Waals surface area contributed by atoms with E-state index in [1.807, 2.05) is 0 Å². The van der Waals surface area contributed by atoms with Crippen LogP contribution in [0.4, 0.5) is 0 Å². The van der Waals surface area contributed by atoms with Crippen LogP contribution in [0, 0.1) is 17.3 Å². The summed E-state index contributed by atoms with van der Waals surface area (Å²) in [6.07, 6.45) is 2.78. The van der Waals surface area contributed by atoms with Crippen LogP contribution in [0.2, 0.25) is 0 Å². The third-order valence-electron chi connectivity index (χ3n) is 3.85. The summed E-state index contributed by atoms with van der Waals surface area (Å²) in [7, 11) is 0. The third-order valence-corrected chi connectivity index (χ3v) is 3.85. The van der Waals surface area contributed by atoms with Gasteiger partial charge >= 0.3 is 0 Å². The molecule has 0 amide bonds. The Hall–Kier alpha value is -0.260. The lowest BCUT2D eigenvalue weighted by molar-refractivity contribution is 0.340. The predicted octanol–water partition coefficient (Wildman–Crippen LogP) is 3.39. The maximum atomic E-state index is 2.40. The largest absolute Gasteiger partial charge is 0.0667 e. The minimum absolute atomic E-state index is 0.543. The number of allylic oxidation sites excluding steroid dienone is 2. The molecule has 2 atom stereocenters. The van der Waals surface area contributed by atoms with Gasteiger partial charge in [0.2, 0.25) is 0 Å². The monoisotopic (exact) mass is 150 g/mol. The quantitative estimate of drug-likeness (QED) is 0.464. The number of hydrogen-bond donors (Lipinski definition) is 0. The molecule has 0 unspecified atom stereocenters. The molecular weight excluding hydrogens is 132 g/mol. The van der Waals surface area contributed by atoms with Gasteiger partial charge in [-0.25, -0.2) is 0 Å². The van der Waals surface area contributed by atoms with Crippen LogP contribution in [0.5, 0.6) is 0 Å². The topological polar surface area (TPSA) is 0 Å². The first-order chi connectivity index (χ1) is 5.04. The standard InChI is InChI=1S/C11H18/c1-7-8(2)10-9(7)5-6-11(10,3)4/h7-8H,5-6H2,1-4H3/t7-,8+/m1/s1. The fourth-order valence-electron chi connectivity index (χ4n) is 2.99. The molecule has 0 saturated carbocycles. The fraction of sp³-hybridized carbons (Fsp3) is 0.818. The van der Waals surface area contributed by atoms with E-state index in [2.05, 4.69) is 27.7 Å². The van der Waals surface area contributed by atoms with Crippen molar-refractivity contribution in [2.45, 2.75) is 40.5 Å². The molecule has 0 radical (unpaired) electrons. The summed E-state index contributed by atoms with van der Waals surface area (Å²) in [6.45, 7) is 9.57. The molecule has 0 nitrogen and oxygen atoms in total. The normalized spacial score (nSPS) is 40.4. The molecule has 0 heterocycles. The third kappa shape index (κ3) is 0.758. The molecule has 0 aromatic heterocycles. The van der Waals surface area contributed by atoms with Crippen LogP contribution in [0.3, 0.4) is 0 Å². The molecule has 0 fully saturated rings. The predicted molar refractivity (Wildman–Crippen MR) is 48.4 cm³/mol. The minimum atomic E-state index is 0.543. The Morgan fingerprint density at radius 1 is 1.18 bits per heavy atom.